The molecule has 1 fully saturated rings. The normalized spacial score (nSPS) is 21.0. The SMILES string of the molecule is O=C(OC[C@H]1O[C@@H](O)[C@H](OC(=O)c2ccccc2)[C@@H](OC(=O)c2ccccc2)[C@@H]1OC(=O)c1ccccc1)c1ccccc1. The van der Waals surface area contributed by atoms with Crippen molar-refractivity contribution in [2.75, 3.05) is 6.61 Å². The number of esters is 4. The van der Waals surface area contributed by atoms with Gasteiger partial charge in [-0.1, -0.05) is 72.8 Å². The lowest BCUT2D eigenvalue weighted by Gasteiger charge is -2.42. The molecule has 224 valence electrons. The Morgan fingerprint density at radius 1 is 0.500 bits per heavy atom. The van der Waals surface area contributed by atoms with Crippen LogP contribution in [-0.4, -0.2) is 66.3 Å². The van der Waals surface area contributed by atoms with Crippen molar-refractivity contribution in [2.45, 2.75) is 30.7 Å². The van der Waals surface area contributed by atoms with Crippen LogP contribution in [-0.2, 0) is 23.7 Å². The van der Waals surface area contributed by atoms with E-state index in [1.165, 1.54) is 36.4 Å². The first-order valence-electron chi connectivity index (χ1n) is 13.7. The zero-order chi connectivity index (χ0) is 30.9. The average Bonchev–Trinajstić information content (AvgIpc) is 3.07. The summed E-state index contributed by atoms with van der Waals surface area (Å²) in [5, 5.41) is 11.1. The van der Waals surface area contributed by atoms with Crippen LogP contribution < -0.4 is 0 Å². The van der Waals surface area contributed by atoms with Crippen LogP contribution in [0.3, 0.4) is 0 Å². The second-order valence-electron chi connectivity index (χ2n) is 9.74. The summed E-state index contributed by atoms with van der Waals surface area (Å²) in [5.41, 5.74) is 0.736. The van der Waals surface area contributed by atoms with Gasteiger partial charge in [0.05, 0.1) is 22.3 Å². The van der Waals surface area contributed by atoms with E-state index in [9.17, 15) is 24.3 Å². The van der Waals surface area contributed by atoms with Gasteiger partial charge in [0.1, 0.15) is 12.7 Å². The van der Waals surface area contributed by atoms with E-state index in [0.717, 1.165) is 0 Å². The molecule has 1 saturated heterocycles. The molecule has 0 bridgehead atoms. The van der Waals surface area contributed by atoms with Gasteiger partial charge in [-0.2, -0.15) is 0 Å². The predicted molar refractivity (Wildman–Crippen MR) is 155 cm³/mol. The Labute approximate surface area is 252 Å². The number of rotatable bonds is 9. The number of carbonyl (C=O) groups excluding carboxylic acids is 4. The Hall–Kier alpha value is -5.32. The summed E-state index contributed by atoms with van der Waals surface area (Å²) in [4.78, 5) is 52.3. The smallest absolute Gasteiger partial charge is 0.338 e. The number of benzene rings is 4. The van der Waals surface area contributed by atoms with Gasteiger partial charge in [-0.05, 0) is 48.5 Å². The standard InChI is InChI=1S/C34H28O10/c35-30(22-13-5-1-6-14-22)40-21-26-27(42-31(36)23-15-7-2-8-16-23)28(43-32(37)24-17-9-3-10-18-24)29(34(39)41-26)44-33(38)25-19-11-4-12-20-25/h1-20,26-29,34,39H,21H2/t26-,27-,28+,29-,34-/m1/s1. The minimum Gasteiger partial charge on any atom is -0.459 e. The fourth-order valence-electron chi connectivity index (χ4n) is 4.54. The molecule has 1 aliphatic heterocycles. The minimum atomic E-state index is -1.86. The van der Waals surface area contributed by atoms with Crippen LogP contribution in [0.15, 0.2) is 121 Å². The highest BCUT2D eigenvalue weighted by atomic mass is 16.7. The highest BCUT2D eigenvalue weighted by Gasteiger charge is 2.52. The molecule has 0 aromatic heterocycles. The van der Waals surface area contributed by atoms with E-state index < -0.39 is 61.2 Å². The molecule has 1 heterocycles. The topological polar surface area (TPSA) is 135 Å². The molecule has 10 nitrogen and oxygen atoms in total. The van der Waals surface area contributed by atoms with Gasteiger partial charge in [0.25, 0.3) is 0 Å². The van der Waals surface area contributed by atoms with E-state index in [0.29, 0.717) is 0 Å². The Balaban J connectivity index is 1.48. The molecule has 4 aromatic rings. The Kier molecular flexibility index (Phi) is 9.75. The summed E-state index contributed by atoms with van der Waals surface area (Å²) in [5.74, 6) is -3.21. The summed E-state index contributed by atoms with van der Waals surface area (Å²) in [6.07, 6.45) is -7.89. The van der Waals surface area contributed by atoms with E-state index in [1.807, 2.05) is 0 Å². The van der Waals surface area contributed by atoms with Crippen molar-refractivity contribution < 1.29 is 48.0 Å². The maximum Gasteiger partial charge on any atom is 0.338 e. The molecule has 10 heteroatoms. The average molecular weight is 597 g/mol. The van der Waals surface area contributed by atoms with Gasteiger partial charge >= 0.3 is 23.9 Å². The predicted octanol–water partition coefficient (Wildman–Crippen LogP) is 4.24. The number of hydrogen-bond donors (Lipinski definition) is 1. The molecule has 0 aliphatic carbocycles. The lowest BCUT2D eigenvalue weighted by atomic mass is 9.97. The lowest BCUT2D eigenvalue weighted by molar-refractivity contribution is -0.284. The van der Waals surface area contributed by atoms with Gasteiger partial charge in [-0.3, -0.25) is 0 Å². The Morgan fingerprint density at radius 3 is 1.25 bits per heavy atom. The number of ether oxygens (including phenoxy) is 5. The number of hydrogen-bond acceptors (Lipinski definition) is 10. The summed E-state index contributed by atoms with van der Waals surface area (Å²) in [7, 11) is 0. The van der Waals surface area contributed by atoms with Gasteiger partial charge in [0.2, 0.25) is 0 Å². The van der Waals surface area contributed by atoms with Crippen LogP contribution in [0.1, 0.15) is 41.4 Å². The summed E-state index contributed by atoms with van der Waals surface area (Å²) >= 11 is 0. The summed E-state index contributed by atoms with van der Waals surface area (Å²) in [6, 6.07) is 32.1. The van der Waals surface area contributed by atoms with Crippen molar-refractivity contribution in [3.8, 4) is 0 Å². The first-order valence-corrected chi connectivity index (χ1v) is 13.7. The van der Waals surface area contributed by atoms with Gasteiger partial charge in [-0.25, -0.2) is 19.2 Å². The zero-order valence-corrected chi connectivity index (χ0v) is 23.3. The van der Waals surface area contributed by atoms with E-state index >= 15 is 0 Å². The monoisotopic (exact) mass is 596 g/mol. The fourth-order valence-corrected chi connectivity index (χ4v) is 4.54. The highest BCUT2D eigenvalue weighted by Crippen LogP contribution is 2.30. The van der Waals surface area contributed by atoms with Crippen molar-refractivity contribution in [2.24, 2.45) is 0 Å². The fraction of sp³-hybridized carbons (Fsp3) is 0.176. The third-order valence-electron chi connectivity index (χ3n) is 6.76. The first kappa shape index (κ1) is 30.1. The maximum absolute atomic E-state index is 13.3. The molecular formula is C34H28O10. The van der Waals surface area contributed by atoms with Crippen molar-refractivity contribution in [1.82, 2.24) is 0 Å². The molecule has 0 radical (unpaired) electrons. The van der Waals surface area contributed by atoms with E-state index in [2.05, 4.69) is 0 Å². The molecule has 0 amide bonds. The van der Waals surface area contributed by atoms with Crippen LogP contribution in [0.4, 0.5) is 0 Å². The maximum atomic E-state index is 13.3. The quantitative estimate of drug-likeness (QED) is 0.221. The van der Waals surface area contributed by atoms with E-state index in [-0.39, 0.29) is 22.3 Å². The molecule has 1 N–H and O–H groups in total. The van der Waals surface area contributed by atoms with Gasteiger partial charge in [0, 0.05) is 0 Å². The Bertz CT molecular complexity index is 1560. The van der Waals surface area contributed by atoms with E-state index in [4.69, 9.17) is 23.7 Å². The summed E-state index contributed by atoms with van der Waals surface area (Å²) < 4.78 is 28.4. The second-order valence-corrected chi connectivity index (χ2v) is 9.74. The van der Waals surface area contributed by atoms with Gasteiger partial charge in [-0.15, -0.1) is 0 Å². The minimum absolute atomic E-state index is 0.154. The molecule has 0 saturated carbocycles. The molecule has 5 rings (SSSR count). The largest absolute Gasteiger partial charge is 0.459 e. The van der Waals surface area contributed by atoms with Crippen molar-refractivity contribution in [1.29, 1.82) is 0 Å². The number of aliphatic hydroxyl groups excluding tert-OH is 1. The molecule has 5 atom stereocenters. The van der Waals surface area contributed by atoms with Gasteiger partial charge in [0.15, 0.2) is 24.6 Å². The van der Waals surface area contributed by atoms with Crippen LogP contribution in [0, 0.1) is 0 Å². The lowest BCUT2D eigenvalue weighted by Crippen LogP contribution is -2.62. The summed E-state index contributed by atoms with van der Waals surface area (Å²) in [6.45, 7) is -0.504. The molecule has 44 heavy (non-hydrogen) atoms. The number of aliphatic hydroxyl groups is 1. The number of carbonyl (C=O) groups is 4. The van der Waals surface area contributed by atoms with Crippen LogP contribution in [0.2, 0.25) is 0 Å². The van der Waals surface area contributed by atoms with Crippen LogP contribution in [0.25, 0.3) is 0 Å². The molecular weight excluding hydrogens is 568 g/mol. The zero-order valence-electron chi connectivity index (χ0n) is 23.3. The Morgan fingerprint density at radius 2 is 0.841 bits per heavy atom. The highest BCUT2D eigenvalue weighted by molar-refractivity contribution is 5.91. The third kappa shape index (κ3) is 7.35. The van der Waals surface area contributed by atoms with Crippen molar-refractivity contribution >= 4 is 23.9 Å². The van der Waals surface area contributed by atoms with Gasteiger partial charge < -0.3 is 28.8 Å². The molecule has 0 spiro atoms. The van der Waals surface area contributed by atoms with Crippen LogP contribution >= 0.6 is 0 Å². The van der Waals surface area contributed by atoms with Crippen molar-refractivity contribution in [3.63, 3.8) is 0 Å². The van der Waals surface area contributed by atoms with E-state index in [1.54, 1.807) is 84.9 Å². The molecule has 4 aromatic carbocycles. The third-order valence-corrected chi connectivity index (χ3v) is 6.76. The van der Waals surface area contributed by atoms with Crippen molar-refractivity contribution in [3.05, 3.63) is 144 Å². The van der Waals surface area contributed by atoms with Crippen LogP contribution in [0.5, 0.6) is 0 Å². The molecule has 1 aliphatic rings. The second kappa shape index (κ2) is 14.2. The first-order chi connectivity index (χ1) is 21.4. The molecule has 0 unspecified atom stereocenters.